The van der Waals surface area contributed by atoms with Crippen LogP contribution in [0, 0.1) is 5.41 Å². The number of aliphatic hydroxyl groups is 2. The molecule has 1 fully saturated rings. The summed E-state index contributed by atoms with van der Waals surface area (Å²) in [7, 11) is -4.72. The topological polar surface area (TPSA) is 167 Å². The van der Waals surface area contributed by atoms with Gasteiger partial charge >= 0.3 is 13.5 Å². The van der Waals surface area contributed by atoms with Crippen LogP contribution in [0.5, 0.6) is 0 Å². The summed E-state index contributed by atoms with van der Waals surface area (Å²) in [5, 5.41) is 28.5. The summed E-state index contributed by atoms with van der Waals surface area (Å²) in [6.07, 6.45) is -2.72. The van der Waals surface area contributed by atoms with E-state index < -0.39 is 44.7 Å². The first-order valence-electron chi connectivity index (χ1n) is 8.79. The Morgan fingerprint density at radius 2 is 1.97 bits per heavy atom. The van der Waals surface area contributed by atoms with Crippen LogP contribution in [0.15, 0.2) is 47.4 Å². The third-order valence-corrected chi connectivity index (χ3v) is 5.08. The fourth-order valence-electron chi connectivity index (χ4n) is 3.10. The minimum absolute atomic E-state index is 0.00627. The maximum Gasteiger partial charge on any atom is 0.469 e. The van der Waals surface area contributed by atoms with Crippen molar-refractivity contribution in [2.24, 2.45) is 0 Å². The highest BCUT2D eigenvalue weighted by atomic mass is 31.2. The number of hydrogen-bond acceptors (Lipinski definition) is 7. The Labute approximate surface area is 165 Å². The van der Waals surface area contributed by atoms with Gasteiger partial charge in [0.1, 0.15) is 17.8 Å². The van der Waals surface area contributed by atoms with E-state index in [0.717, 1.165) is 9.13 Å². The van der Waals surface area contributed by atoms with Gasteiger partial charge in [0.15, 0.2) is 0 Å². The van der Waals surface area contributed by atoms with Crippen molar-refractivity contribution in [1.29, 1.82) is 5.41 Å². The van der Waals surface area contributed by atoms with Gasteiger partial charge in [-0.25, -0.2) is 9.36 Å². The lowest BCUT2D eigenvalue weighted by Crippen LogP contribution is -2.41. The lowest BCUT2D eigenvalue weighted by molar-refractivity contribution is -0.0456. The number of rotatable bonds is 7. The van der Waals surface area contributed by atoms with Gasteiger partial charge in [-0.1, -0.05) is 30.3 Å². The third kappa shape index (κ3) is 5.28. The molecule has 0 amide bonds. The summed E-state index contributed by atoms with van der Waals surface area (Å²) in [6.45, 7) is -0.692. The summed E-state index contributed by atoms with van der Waals surface area (Å²) in [5.74, 6) is 0. The molecule has 1 unspecified atom stereocenters. The standard InChI is InChI=1S/C17H22N3O8P/c18-15-6-7-19(16-8-12(21)14(28-16)10-27-29(24,25)26)17(23)20(15)9-13(22)11-4-2-1-3-5-11/h1-7,12-14,16,18,21-22H,8-10H2,(H2,24,25,26)/t12-,13?,14+,16+/m0/s1. The van der Waals surface area contributed by atoms with Gasteiger partial charge < -0.3 is 24.7 Å². The van der Waals surface area contributed by atoms with Crippen molar-refractivity contribution < 1.29 is 33.8 Å². The second-order valence-electron chi connectivity index (χ2n) is 6.65. The van der Waals surface area contributed by atoms with E-state index in [0.29, 0.717) is 5.56 Å². The Bertz CT molecular complexity index is 1000. The van der Waals surface area contributed by atoms with E-state index in [1.165, 1.54) is 12.3 Å². The van der Waals surface area contributed by atoms with Gasteiger partial charge in [0.2, 0.25) is 0 Å². The number of nitrogens with zero attached hydrogens (tertiary/aromatic N) is 2. The van der Waals surface area contributed by atoms with Crippen molar-refractivity contribution in [3.63, 3.8) is 0 Å². The molecule has 2 aromatic rings. The predicted molar refractivity (Wildman–Crippen MR) is 98.5 cm³/mol. The summed E-state index contributed by atoms with van der Waals surface area (Å²) >= 11 is 0. The molecule has 29 heavy (non-hydrogen) atoms. The zero-order valence-electron chi connectivity index (χ0n) is 15.2. The van der Waals surface area contributed by atoms with Crippen molar-refractivity contribution in [3.8, 4) is 0 Å². The summed E-state index contributed by atoms with van der Waals surface area (Å²) < 4.78 is 23.0. The van der Waals surface area contributed by atoms with Gasteiger partial charge in [0, 0.05) is 12.6 Å². The van der Waals surface area contributed by atoms with Crippen LogP contribution in [0.2, 0.25) is 0 Å². The largest absolute Gasteiger partial charge is 0.469 e. The molecule has 1 aliphatic heterocycles. The van der Waals surface area contributed by atoms with E-state index in [2.05, 4.69) is 4.52 Å². The molecule has 5 N–H and O–H groups in total. The lowest BCUT2D eigenvalue weighted by Gasteiger charge is -2.19. The highest BCUT2D eigenvalue weighted by molar-refractivity contribution is 7.46. The first kappa shape index (κ1) is 21.6. The fourth-order valence-corrected chi connectivity index (χ4v) is 3.44. The molecule has 0 radical (unpaired) electrons. The van der Waals surface area contributed by atoms with Crippen molar-refractivity contribution in [2.45, 2.75) is 37.5 Å². The highest BCUT2D eigenvalue weighted by Crippen LogP contribution is 2.38. The number of phosphoric acid groups is 1. The smallest absolute Gasteiger partial charge is 0.390 e. The van der Waals surface area contributed by atoms with Gasteiger partial charge in [-0.3, -0.25) is 19.1 Å². The molecule has 1 aromatic carbocycles. The number of nitrogens with one attached hydrogen (secondary N) is 1. The quantitative estimate of drug-likeness (QED) is 0.373. The SMILES string of the molecule is N=c1ccn([C@H]2C[C@H](O)[C@@H](COP(=O)(O)O)O2)c(=O)n1CC(O)c1ccccc1. The van der Waals surface area contributed by atoms with E-state index in [9.17, 15) is 19.6 Å². The Morgan fingerprint density at radius 1 is 1.28 bits per heavy atom. The average molecular weight is 427 g/mol. The zero-order chi connectivity index (χ0) is 21.2. The zero-order valence-corrected chi connectivity index (χ0v) is 16.1. The molecule has 0 saturated carbocycles. The molecular weight excluding hydrogens is 405 g/mol. The first-order chi connectivity index (χ1) is 13.7. The predicted octanol–water partition coefficient (Wildman–Crippen LogP) is -0.379. The van der Waals surface area contributed by atoms with Crippen molar-refractivity contribution in [1.82, 2.24) is 9.13 Å². The Morgan fingerprint density at radius 3 is 2.62 bits per heavy atom. The molecule has 158 valence electrons. The fraction of sp³-hybridized carbons (Fsp3) is 0.412. The maximum absolute atomic E-state index is 12.9. The normalized spacial score (nSPS) is 23.2. The second-order valence-corrected chi connectivity index (χ2v) is 7.89. The van der Waals surface area contributed by atoms with Crippen LogP contribution in [-0.4, -0.2) is 47.9 Å². The Balaban J connectivity index is 1.79. The molecule has 11 nitrogen and oxygen atoms in total. The summed E-state index contributed by atoms with van der Waals surface area (Å²) in [4.78, 5) is 30.4. The lowest BCUT2D eigenvalue weighted by atomic mass is 10.1. The minimum atomic E-state index is -4.72. The van der Waals surface area contributed by atoms with E-state index in [1.807, 2.05) is 0 Å². The van der Waals surface area contributed by atoms with Crippen molar-refractivity contribution in [3.05, 3.63) is 64.1 Å². The summed E-state index contributed by atoms with van der Waals surface area (Å²) in [6, 6.07) is 10.1. The number of hydrogen-bond donors (Lipinski definition) is 5. The van der Waals surface area contributed by atoms with Crippen molar-refractivity contribution in [2.75, 3.05) is 6.61 Å². The molecule has 0 bridgehead atoms. The molecule has 12 heteroatoms. The highest BCUT2D eigenvalue weighted by Gasteiger charge is 2.37. The van der Waals surface area contributed by atoms with E-state index in [1.54, 1.807) is 30.3 Å². The van der Waals surface area contributed by atoms with E-state index in [-0.39, 0.29) is 18.5 Å². The molecule has 1 saturated heterocycles. The van der Waals surface area contributed by atoms with Gasteiger partial charge in [-0.2, -0.15) is 0 Å². The van der Waals surface area contributed by atoms with Crippen LogP contribution < -0.4 is 11.2 Å². The number of aromatic nitrogens is 2. The molecule has 1 aliphatic rings. The Kier molecular flexibility index (Phi) is 6.49. The molecule has 3 rings (SSSR count). The molecule has 2 heterocycles. The van der Waals surface area contributed by atoms with Gasteiger partial charge in [0.05, 0.1) is 25.4 Å². The molecule has 1 aromatic heterocycles. The second kappa shape index (κ2) is 8.72. The van der Waals surface area contributed by atoms with Gasteiger partial charge in [0.25, 0.3) is 0 Å². The average Bonchev–Trinajstić information content (AvgIpc) is 3.04. The van der Waals surface area contributed by atoms with Crippen LogP contribution >= 0.6 is 7.82 Å². The monoisotopic (exact) mass is 427 g/mol. The number of ether oxygens (including phenoxy) is 1. The molecule has 0 aliphatic carbocycles. The summed E-state index contributed by atoms with van der Waals surface area (Å²) in [5.41, 5.74) is -0.140. The van der Waals surface area contributed by atoms with Crippen LogP contribution in [0.1, 0.15) is 24.3 Å². The van der Waals surface area contributed by atoms with Gasteiger partial charge in [-0.05, 0) is 11.6 Å². The van der Waals surface area contributed by atoms with E-state index in [4.69, 9.17) is 19.9 Å². The van der Waals surface area contributed by atoms with Crippen LogP contribution in [0.3, 0.4) is 0 Å². The van der Waals surface area contributed by atoms with Crippen molar-refractivity contribution >= 4 is 7.82 Å². The maximum atomic E-state index is 12.9. The van der Waals surface area contributed by atoms with E-state index >= 15 is 0 Å². The number of phosphoric ester groups is 1. The molecule has 4 atom stereocenters. The number of aliphatic hydroxyl groups excluding tert-OH is 2. The third-order valence-electron chi connectivity index (χ3n) is 4.60. The van der Waals surface area contributed by atoms with Crippen LogP contribution in [0.4, 0.5) is 0 Å². The van der Waals surface area contributed by atoms with Crippen LogP contribution in [0.25, 0.3) is 0 Å². The minimum Gasteiger partial charge on any atom is -0.390 e. The first-order valence-corrected chi connectivity index (χ1v) is 10.3. The molecule has 0 spiro atoms. The van der Waals surface area contributed by atoms with Gasteiger partial charge in [-0.15, -0.1) is 0 Å². The Hall–Kier alpha value is -2.11. The van der Waals surface area contributed by atoms with Crippen LogP contribution in [-0.2, 0) is 20.4 Å². The number of benzene rings is 1. The molecular formula is C17H22N3O8P.